The highest BCUT2D eigenvalue weighted by atomic mass is 35.5. The Labute approximate surface area is 237 Å². The van der Waals surface area contributed by atoms with E-state index in [2.05, 4.69) is 10.6 Å². The van der Waals surface area contributed by atoms with Crippen molar-refractivity contribution in [2.24, 2.45) is 11.8 Å². The van der Waals surface area contributed by atoms with Crippen molar-refractivity contribution in [1.82, 2.24) is 4.90 Å². The highest BCUT2D eigenvalue weighted by molar-refractivity contribution is 8.02. The lowest BCUT2D eigenvalue weighted by Crippen LogP contribution is -2.54. The molecule has 39 heavy (non-hydrogen) atoms. The van der Waals surface area contributed by atoms with E-state index in [-0.39, 0.29) is 24.3 Å². The average Bonchev–Trinajstić information content (AvgIpc) is 3.47. The molecule has 0 saturated carbocycles. The number of carbonyl (C=O) groups excluding carboxylic acids is 3. The van der Waals surface area contributed by atoms with Gasteiger partial charge in [-0.1, -0.05) is 23.7 Å². The van der Waals surface area contributed by atoms with Crippen molar-refractivity contribution in [2.45, 2.75) is 62.1 Å². The second-order valence-electron chi connectivity index (χ2n) is 10.9. The van der Waals surface area contributed by atoms with Crippen LogP contribution in [0, 0.1) is 18.8 Å². The van der Waals surface area contributed by atoms with Crippen LogP contribution in [0.25, 0.3) is 0 Å². The highest BCUT2D eigenvalue weighted by Crippen LogP contribution is 2.71. The van der Waals surface area contributed by atoms with Crippen molar-refractivity contribution in [3.05, 3.63) is 53.1 Å². The Morgan fingerprint density at radius 1 is 1.18 bits per heavy atom. The quantitative estimate of drug-likeness (QED) is 0.431. The number of fused-ring (bicyclic) bond motifs is 1. The fraction of sp³-hybridized carbons (Fsp3) is 0.483. The van der Waals surface area contributed by atoms with Gasteiger partial charge in [-0.15, -0.1) is 11.8 Å². The molecule has 2 aromatic rings. The SMILES string of the molecule is CCOc1ccc(NC(=O)[C@@H]2[C@H]3C(=O)N([C@H](C)CO)C(C(=O)Nc4c(C)cccc4Cl)C34CC[C@@]2(C)S4)cc1. The van der Waals surface area contributed by atoms with Crippen LogP contribution in [-0.4, -0.2) is 62.5 Å². The van der Waals surface area contributed by atoms with Crippen LogP contribution in [0.2, 0.25) is 5.02 Å². The van der Waals surface area contributed by atoms with Crippen molar-refractivity contribution in [3.63, 3.8) is 0 Å². The van der Waals surface area contributed by atoms with Crippen LogP contribution in [0.5, 0.6) is 5.75 Å². The van der Waals surface area contributed by atoms with Gasteiger partial charge in [0.15, 0.2) is 0 Å². The van der Waals surface area contributed by atoms with Gasteiger partial charge in [0.25, 0.3) is 0 Å². The minimum atomic E-state index is -0.858. The van der Waals surface area contributed by atoms with E-state index in [1.54, 1.807) is 49.0 Å². The summed E-state index contributed by atoms with van der Waals surface area (Å²) in [5, 5.41) is 16.5. The minimum Gasteiger partial charge on any atom is -0.494 e. The standard InChI is InChI=1S/C29H34ClN3O5S/c1-5-38-19-11-9-18(10-12-19)31-25(35)21-22-27(37)33(17(3)15-34)24(29(22)14-13-28(21,4)39-29)26(36)32-23-16(2)7-6-8-20(23)30/h6-12,17,21-22,24,34H,5,13-15H2,1-4H3,(H,31,35)(H,32,36)/t17-,21+,22+,24?,28-,29?/m1/s1. The Morgan fingerprint density at radius 3 is 2.54 bits per heavy atom. The number of aryl methyl sites for hydroxylation is 1. The number of anilines is 2. The topological polar surface area (TPSA) is 108 Å². The zero-order valence-electron chi connectivity index (χ0n) is 22.5. The lowest BCUT2D eigenvalue weighted by molar-refractivity contribution is -0.141. The Morgan fingerprint density at radius 2 is 1.90 bits per heavy atom. The summed E-state index contributed by atoms with van der Waals surface area (Å²) in [6.07, 6.45) is 1.31. The van der Waals surface area contributed by atoms with Gasteiger partial charge >= 0.3 is 0 Å². The number of para-hydroxylation sites is 1. The third-order valence-electron chi connectivity index (χ3n) is 8.39. The maximum Gasteiger partial charge on any atom is 0.248 e. The summed E-state index contributed by atoms with van der Waals surface area (Å²) < 4.78 is 4.19. The van der Waals surface area contributed by atoms with Crippen LogP contribution in [0.1, 0.15) is 39.2 Å². The average molecular weight is 572 g/mol. The van der Waals surface area contributed by atoms with Crippen molar-refractivity contribution in [3.8, 4) is 5.75 Å². The maximum absolute atomic E-state index is 14.1. The van der Waals surface area contributed by atoms with Crippen molar-refractivity contribution in [1.29, 1.82) is 0 Å². The summed E-state index contributed by atoms with van der Waals surface area (Å²) in [6, 6.07) is 11.1. The number of amides is 3. The molecule has 0 aromatic heterocycles. The number of benzene rings is 2. The number of thioether (sulfide) groups is 1. The van der Waals surface area contributed by atoms with Crippen LogP contribution < -0.4 is 15.4 Å². The predicted octanol–water partition coefficient (Wildman–Crippen LogP) is 4.49. The second-order valence-corrected chi connectivity index (χ2v) is 13.2. The molecular formula is C29H34ClN3O5S. The largest absolute Gasteiger partial charge is 0.494 e. The summed E-state index contributed by atoms with van der Waals surface area (Å²) in [6.45, 7) is 7.76. The van der Waals surface area contributed by atoms with Crippen LogP contribution >= 0.6 is 23.4 Å². The summed E-state index contributed by atoms with van der Waals surface area (Å²) in [7, 11) is 0. The van der Waals surface area contributed by atoms with E-state index >= 15 is 0 Å². The molecule has 3 aliphatic heterocycles. The number of halogens is 1. The minimum absolute atomic E-state index is 0.242. The molecule has 2 unspecified atom stereocenters. The first kappa shape index (κ1) is 27.8. The van der Waals surface area contributed by atoms with Crippen LogP contribution in [-0.2, 0) is 14.4 Å². The third kappa shape index (κ3) is 4.48. The molecule has 1 spiro atoms. The Hall–Kier alpha value is -2.75. The number of nitrogens with zero attached hydrogens (tertiary/aromatic N) is 1. The van der Waals surface area contributed by atoms with Gasteiger partial charge in [0, 0.05) is 10.4 Å². The highest BCUT2D eigenvalue weighted by Gasteiger charge is 2.77. The van der Waals surface area contributed by atoms with Gasteiger partial charge in [0.2, 0.25) is 17.7 Å². The molecule has 3 N–H and O–H groups in total. The summed E-state index contributed by atoms with van der Waals surface area (Å²) in [5.74, 6) is -1.49. The van der Waals surface area contributed by atoms with Gasteiger partial charge in [-0.3, -0.25) is 14.4 Å². The Balaban J connectivity index is 1.49. The molecule has 6 atom stereocenters. The van der Waals surface area contributed by atoms with Crippen molar-refractivity contribution < 1.29 is 24.2 Å². The molecule has 2 bridgehead atoms. The van der Waals surface area contributed by atoms with Crippen molar-refractivity contribution in [2.75, 3.05) is 23.8 Å². The molecule has 3 fully saturated rings. The fourth-order valence-corrected chi connectivity index (χ4v) is 9.24. The fourth-order valence-electron chi connectivity index (χ4n) is 6.63. The Kier molecular flexibility index (Phi) is 7.37. The predicted molar refractivity (Wildman–Crippen MR) is 153 cm³/mol. The van der Waals surface area contributed by atoms with E-state index in [0.717, 1.165) is 5.56 Å². The lowest BCUT2D eigenvalue weighted by Gasteiger charge is -2.36. The molecule has 3 aliphatic rings. The van der Waals surface area contributed by atoms with E-state index in [1.165, 1.54) is 4.90 Å². The number of likely N-dealkylation sites (tertiary alicyclic amines) is 1. The van der Waals surface area contributed by atoms with Gasteiger partial charge in [0.05, 0.1) is 46.5 Å². The second kappa shape index (κ2) is 10.3. The molecule has 0 radical (unpaired) electrons. The Bertz CT molecular complexity index is 1290. The van der Waals surface area contributed by atoms with Crippen LogP contribution in [0.3, 0.4) is 0 Å². The monoisotopic (exact) mass is 571 g/mol. The summed E-state index contributed by atoms with van der Waals surface area (Å²) in [5.41, 5.74) is 1.92. The van der Waals surface area contributed by atoms with E-state index in [4.69, 9.17) is 16.3 Å². The molecule has 208 valence electrons. The third-order valence-corrected chi connectivity index (χ3v) is 10.7. The van der Waals surface area contributed by atoms with E-state index in [1.807, 2.05) is 32.9 Å². The zero-order valence-corrected chi connectivity index (χ0v) is 24.1. The number of aliphatic hydroxyl groups excluding tert-OH is 1. The number of hydrogen-bond acceptors (Lipinski definition) is 6. The first-order chi connectivity index (χ1) is 18.6. The molecule has 3 saturated heterocycles. The number of rotatable bonds is 8. The molecule has 8 nitrogen and oxygen atoms in total. The zero-order chi connectivity index (χ0) is 28.1. The summed E-state index contributed by atoms with van der Waals surface area (Å²) >= 11 is 7.99. The lowest BCUT2D eigenvalue weighted by atomic mass is 9.66. The number of ether oxygens (including phenoxy) is 1. The maximum atomic E-state index is 14.1. The normalized spacial score (nSPS) is 29.7. The molecule has 3 amide bonds. The molecule has 5 rings (SSSR count). The number of carbonyl (C=O) groups is 3. The van der Waals surface area contributed by atoms with Gasteiger partial charge in [-0.2, -0.15) is 0 Å². The summed E-state index contributed by atoms with van der Waals surface area (Å²) in [4.78, 5) is 43.4. The number of nitrogens with one attached hydrogen (secondary N) is 2. The van der Waals surface area contributed by atoms with E-state index < -0.39 is 33.4 Å². The van der Waals surface area contributed by atoms with Gasteiger partial charge in [-0.25, -0.2) is 0 Å². The van der Waals surface area contributed by atoms with Gasteiger partial charge < -0.3 is 25.4 Å². The van der Waals surface area contributed by atoms with E-state index in [9.17, 15) is 19.5 Å². The van der Waals surface area contributed by atoms with Crippen LogP contribution in [0.15, 0.2) is 42.5 Å². The molecule has 3 heterocycles. The molecule has 10 heteroatoms. The first-order valence-corrected chi connectivity index (χ1v) is 14.5. The van der Waals surface area contributed by atoms with Crippen LogP contribution in [0.4, 0.5) is 11.4 Å². The molecule has 2 aromatic carbocycles. The van der Waals surface area contributed by atoms with Gasteiger partial charge in [0.1, 0.15) is 11.8 Å². The van der Waals surface area contributed by atoms with Crippen molar-refractivity contribution >= 4 is 52.5 Å². The first-order valence-electron chi connectivity index (χ1n) is 13.3. The molecule has 0 aliphatic carbocycles. The molecular weight excluding hydrogens is 538 g/mol. The van der Waals surface area contributed by atoms with E-state index in [0.29, 0.717) is 41.6 Å². The smallest absolute Gasteiger partial charge is 0.248 e. The number of hydrogen-bond donors (Lipinski definition) is 3. The number of aliphatic hydroxyl groups is 1. The van der Waals surface area contributed by atoms with Gasteiger partial charge in [-0.05, 0) is 76.4 Å².